The highest BCUT2D eigenvalue weighted by Gasteiger charge is 2.26. The average molecular weight is 273 g/mol. The zero-order valence-corrected chi connectivity index (χ0v) is 12.6. The third kappa shape index (κ3) is 3.01. The summed E-state index contributed by atoms with van der Waals surface area (Å²) in [5.74, 6) is 1.26. The number of aryl methyl sites for hydroxylation is 1. The molecule has 3 rings (SSSR count). The molecular formula is C18H27NO. The molecule has 0 saturated heterocycles. The van der Waals surface area contributed by atoms with Crippen LogP contribution in [0.3, 0.4) is 0 Å². The molecule has 2 atom stereocenters. The van der Waals surface area contributed by atoms with Gasteiger partial charge in [0, 0.05) is 12.1 Å². The van der Waals surface area contributed by atoms with Crippen LogP contribution in [0.5, 0.6) is 5.75 Å². The average Bonchev–Trinajstić information content (AvgIpc) is 2.48. The molecule has 2 heteroatoms. The van der Waals surface area contributed by atoms with Gasteiger partial charge in [0.1, 0.15) is 5.75 Å². The minimum Gasteiger partial charge on any atom is -0.508 e. The van der Waals surface area contributed by atoms with Crippen LogP contribution in [0.1, 0.15) is 69.0 Å². The van der Waals surface area contributed by atoms with Crippen LogP contribution in [0.15, 0.2) is 18.2 Å². The van der Waals surface area contributed by atoms with Gasteiger partial charge < -0.3 is 10.4 Å². The molecule has 0 aliphatic heterocycles. The molecule has 2 N–H and O–H groups in total. The van der Waals surface area contributed by atoms with Crippen molar-refractivity contribution in [1.29, 1.82) is 0 Å². The number of hydrogen-bond donors (Lipinski definition) is 2. The van der Waals surface area contributed by atoms with Crippen LogP contribution >= 0.6 is 0 Å². The molecular weight excluding hydrogens is 246 g/mol. The molecule has 0 spiro atoms. The minimum absolute atomic E-state index is 0.407. The van der Waals surface area contributed by atoms with Gasteiger partial charge in [0.05, 0.1) is 0 Å². The zero-order valence-electron chi connectivity index (χ0n) is 12.6. The summed E-state index contributed by atoms with van der Waals surface area (Å²) in [7, 11) is 0. The first-order valence-electron chi connectivity index (χ1n) is 8.32. The number of phenolic OH excluding ortho intramolecular Hbond substituents is 1. The quantitative estimate of drug-likeness (QED) is 0.859. The van der Waals surface area contributed by atoms with Gasteiger partial charge >= 0.3 is 0 Å². The first kappa shape index (κ1) is 13.9. The first-order valence-corrected chi connectivity index (χ1v) is 8.32. The van der Waals surface area contributed by atoms with E-state index in [1.54, 1.807) is 0 Å². The van der Waals surface area contributed by atoms with E-state index in [2.05, 4.69) is 18.3 Å². The van der Waals surface area contributed by atoms with Crippen molar-refractivity contribution in [2.24, 2.45) is 5.92 Å². The number of nitrogens with one attached hydrogen (secondary N) is 1. The predicted octanol–water partition coefficient (Wildman–Crippen LogP) is 4.33. The Hall–Kier alpha value is -1.02. The summed E-state index contributed by atoms with van der Waals surface area (Å²) in [5.41, 5.74) is 2.75. The SMILES string of the molecule is C[C@H](NC1CCCc2cc(O)ccc21)C1CCCCC1. The van der Waals surface area contributed by atoms with Crippen molar-refractivity contribution in [3.8, 4) is 5.75 Å². The van der Waals surface area contributed by atoms with E-state index >= 15 is 0 Å². The molecule has 1 fully saturated rings. The third-order valence-corrected chi connectivity index (χ3v) is 5.26. The Balaban J connectivity index is 1.69. The van der Waals surface area contributed by atoms with Crippen LogP contribution in [-0.4, -0.2) is 11.1 Å². The Labute approximate surface area is 122 Å². The molecule has 2 aliphatic carbocycles. The maximum Gasteiger partial charge on any atom is 0.115 e. The number of rotatable bonds is 3. The summed E-state index contributed by atoms with van der Waals surface area (Å²) >= 11 is 0. The van der Waals surface area contributed by atoms with Crippen LogP contribution in [0, 0.1) is 5.92 Å². The van der Waals surface area contributed by atoms with Crippen LogP contribution in [0.2, 0.25) is 0 Å². The van der Waals surface area contributed by atoms with E-state index in [4.69, 9.17) is 0 Å². The molecule has 2 aliphatic rings. The Morgan fingerprint density at radius 1 is 1.10 bits per heavy atom. The lowest BCUT2D eigenvalue weighted by Crippen LogP contribution is -2.38. The van der Waals surface area contributed by atoms with Crippen molar-refractivity contribution in [2.45, 2.75) is 70.4 Å². The number of aromatic hydroxyl groups is 1. The Morgan fingerprint density at radius 3 is 2.70 bits per heavy atom. The molecule has 1 unspecified atom stereocenters. The van der Waals surface area contributed by atoms with Crippen LogP contribution in [-0.2, 0) is 6.42 Å². The monoisotopic (exact) mass is 273 g/mol. The standard InChI is InChI=1S/C18H27NO/c1-13(14-6-3-2-4-7-14)19-18-9-5-8-15-12-16(20)10-11-17(15)18/h10-14,18-20H,2-9H2,1H3/t13-,18?/m0/s1. The molecule has 20 heavy (non-hydrogen) atoms. The molecule has 2 nitrogen and oxygen atoms in total. The van der Waals surface area contributed by atoms with Crippen molar-refractivity contribution in [1.82, 2.24) is 5.32 Å². The van der Waals surface area contributed by atoms with Gasteiger partial charge in [-0.05, 0) is 68.2 Å². The largest absolute Gasteiger partial charge is 0.508 e. The molecule has 1 saturated carbocycles. The third-order valence-electron chi connectivity index (χ3n) is 5.26. The molecule has 1 aromatic rings. The fraction of sp³-hybridized carbons (Fsp3) is 0.667. The second kappa shape index (κ2) is 6.17. The van der Waals surface area contributed by atoms with Crippen molar-refractivity contribution in [2.75, 3.05) is 0 Å². The number of phenols is 1. The molecule has 0 radical (unpaired) electrons. The summed E-state index contributed by atoms with van der Waals surface area (Å²) in [6.45, 7) is 2.37. The molecule has 1 aromatic carbocycles. The van der Waals surface area contributed by atoms with Gasteiger partial charge in [0.25, 0.3) is 0 Å². The Morgan fingerprint density at radius 2 is 1.90 bits per heavy atom. The Kier molecular flexibility index (Phi) is 4.30. The van der Waals surface area contributed by atoms with Gasteiger partial charge in [-0.3, -0.25) is 0 Å². The van der Waals surface area contributed by atoms with Gasteiger partial charge in [0.2, 0.25) is 0 Å². The van der Waals surface area contributed by atoms with Crippen LogP contribution in [0.4, 0.5) is 0 Å². The first-order chi connectivity index (χ1) is 9.74. The maximum absolute atomic E-state index is 9.64. The van der Waals surface area contributed by atoms with Crippen molar-refractivity contribution in [3.63, 3.8) is 0 Å². The van der Waals surface area contributed by atoms with Gasteiger partial charge in [0.15, 0.2) is 0 Å². The van der Waals surface area contributed by atoms with Crippen LogP contribution < -0.4 is 5.32 Å². The molecule has 0 heterocycles. The van der Waals surface area contributed by atoms with Gasteiger partial charge in [-0.25, -0.2) is 0 Å². The second-order valence-electron chi connectivity index (χ2n) is 6.68. The van der Waals surface area contributed by atoms with Crippen molar-refractivity contribution >= 4 is 0 Å². The summed E-state index contributed by atoms with van der Waals surface area (Å²) in [6, 6.07) is 7.00. The highest BCUT2D eigenvalue weighted by atomic mass is 16.3. The fourth-order valence-electron chi connectivity index (χ4n) is 4.06. The van der Waals surface area contributed by atoms with Crippen LogP contribution in [0.25, 0.3) is 0 Å². The van der Waals surface area contributed by atoms with E-state index in [9.17, 15) is 5.11 Å². The van der Waals surface area contributed by atoms with E-state index in [1.165, 1.54) is 56.1 Å². The minimum atomic E-state index is 0.407. The van der Waals surface area contributed by atoms with E-state index in [1.807, 2.05) is 12.1 Å². The lowest BCUT2D eigenvalue weighted by atomic mass is 9.82. The molecule has 0 amide bonds. The van der Waals surface area contributed by atoms with Gasteiger partial charge in [-0.15, -0.1) is 0 Å². The summed E-state index contributed by atoms with van der Waals surface area (Å²) in [4.78, 5) is 0. The van der Waals surface area contributed by atoms with Gasteiger partial charge in [-0.1, -0.05) is 25.3 Å². The lowest BCUT2D eigenvalue weighted by molar-refractivity contribution is 0.257. The summed E-state index contributed by atoms with van der Waals surface area (Å²) < 4.78 is 0. The topological polar surface area (TPSA) is 32.3 Å². The molecule has 0 aromatic heterocycles. The predicted molar refractivity (Wildman–Crippen MR) is 83.0 cm³/mol. The fourth-order valence-corrected chi connectivity index (χ4v) is 4.06. The lowest BCUT2D eigenvalue weighted by Gasteiger charge is -2.34. The number of fused-ring (bicyclic) bond motifs is 1. The van der Waals surface area contributed by atoms with Crippen molar-refractivity contribution < 1.29 is 5.11 Å². The summed E-state index contributed by atoms with van der Waals surface area (Å²) in [5, 5.41) is 13.5. The van der Waals surface area contributed by atoms with E-state index < -0.39 is 0 Å². The van der Waals surface area contributed by atoms with E-state index in [0.29, 0.717) is 17.8 Å². The van der Waals surface area contributed by atoms with Crippen molar-refractivity contribution in [3.05, 3.63) is 29.3 Å². The molecule has 110 valence electrons. The highest BCUT2D eigenvalue weighted by Crippen LogP contribution is 2.34. The van der Waals surface area contributed by atoms with E-state index in [0.717, 1.165) is 12.3 Å². The number of benzene rings is 1. The maximum atomic E-state index is 9.64. The highest BCUT2D eigenvalue weighted by molar-refractivity contribution is 5.38. The second-order valence-corrected chi connectivity index (χ2v) is 6.68. The number of hydrogen-bond acceptors (Lipinski definition) is 2. The van der Waals surface area contributed by atoms with Gasteiger partial charge in [-0.2, -0.15) is 0 Å². The normalized spacial score (nSPS) is 25.1. The van der Waals surface area contributed by atoms with E-state index in [-0.39, 0.29) is 0 Å². The smallest absolute Gasteiger partial charge is 0.115 e. The zero-order chi connectivity index (χ0) is 13.9. The Bertz CT molecular complexity index is 451. The summed E-state index contributed by atoms with van der Waals surface area (Å²) in [6.07, 6.45) is 10.6. The molecule has 0 bridgehead atoms.